The van der Waals surface area contributed by atoms with Crippen molar-refractivity contribution in [3.8, 4) is 0 Å². The molecule has 0 radical (unpaired) electrons. The topological polar surface area (TPSA) is 86.8 Å². The molecule has 0 spiro atoms. The molecule has 0 aliphatic rings. The van der Waals surface area contributed by atoms with Gasteiger partial charge in [-0.05, 0) is 43.2 Å². The highest BCUT2D eigenvalue weighted by atomic mass is 79.9. The Morgan fingerprint density at radius 2 is 1.76 bits per heavy atom. The molecule has 7 nitrogen and oxygen atoms in total. The van der Waals surface area contributed by atoms with Gasteiger partial charge in [0.15, 0.2) is 0 Å². The van der Waals surface area contributed by atoms with Gasteiger partial charge in [0.05, 0.1) is 22.0 Å². The molecule has 1 atom stereocenters. The first-order valence-electron chi connectivity index (χ1n) is 10.7. The molecule has 2 aromatic rings. The molecule has 0 saturated heterocycles. The molecule has 2 rings (SSSR count). The molecule has 34 heavy (non-hydrogen) atoms. The first kappa shape index (κ1) is 28.4. The van der Waals surface area contributed by atoms with E-state index in [0.29, 0.717) is 6.54 Å². The number of sulfonamides is 1. The maximum Gasteiger partial charge on any atom is 0.244 e. The van der Waals surface area contributed by atoms with E-state index in [4.69, 9.17) is 23.2 Å². The van der Waals surface area contributed by atoms with Crippen LogP contribution in [0, 0.1) is 0 Å². The third kappa shape index (κ3) is 7.86. The molecule has 0 aromatic heterocycles. The zero-order chi connectivity index (χ0) is 25.5. The normalized spacial score (nSPS) is 12.2. The summed E-state index contributed by atoms with van der Waals surface area (Å²) < 4.78 is 27.0. The van der Waals surface area contributed by atoms with Crippen LogP contribution >= 0.6 is 39.1 Å². The smallest absolute Gasteiger partial charge is 0.244 e. The monoisotopic (exact) mass is 591 g/mol. The summed E-state index contributed by atoms with van der Waals surface area (Å²) in [6.45, 7) is 3.71. The number of anilines is 1. The van der Waals surface area contributed by atoms with Crippen LogP contribution in [-0.2, 0) is 26.2 Å². The number of rotatable bonds is 11. The van der Waals surface area contributed by atoms with E-state index in [-0.39, 0.29) is 28.2 Å². The summed E-state index contributed by atoms with van der Waals surface area (Å²) in [5, 5.41) is 3.02. The van der Waals surface area contributed by atoms with Crippen LogP contribution < -0.4 is 9.62 Å². The molecular formula is C23H28BrCl2N3O4S. The van der Waals surface area contributed by atoms with Crippen LogP contribution in [0.15, 0.2) is 46.9 Å². The quantitative estimate of drug-likeness (QED) is 0.378. The second-order valence-electron chi connectivity index (χ2n) is 7.81. The van der Waals surface area contributed by atoms with E-state index < -0.39 is 28.5 Å². The predicted molar refractivity (Wildman–Crippen MR) is 141 cm³/mol. The molecule has 0 aliphatic heterocycles. The fraction of sp³-hybridized carbons (Fsp3) is 0.391. The number of halogens is 3. The van der Waals surface area contributed by atoms with E-state index in [2.05, 4.69) is 21.2 Å². The zero-order valence-electron chi connectivity index (χ0n) is 19.2. The van der Waals surface area contributed by atoms with Gasteiger partial charge >= 0.3 is 0 Å². The van der Waals surface area contributed by atoms with Gasteiger partial charge in [-0.1, -0.05) is 70.7 Å². The van der Waals surface area contributed by atoms with Crippen LogP contribution in [-0.4, -0.2) is 50.5 Å². The van der Waals surface area contributed by atoms with E-state index in [0.717, 1.165) is 33.4 Å². The SMILES string of the molecule is CCCCNC(=O)[C@H](C)N(Cc1ccc(Br)cc1)C(=O)CN(c1cccc(Cl)c1Cl)S(C)(=O)=O. The fourth-order valence-corrected chi connectivity index (χ4v) is 4.75. The minimum absolute atomic E-state index is 0.0206. The number of nitrogens with one attached hydrogen (secondary N) is 1. The lowest BCUT2D eigenvalue weighted by atomic mass is 10.1. The average Bonchev–Trinajstić information content (AvgIpc) is 2.78. The Balaban J connectivity index is 2.38. The lowest BCUT2D eigenvalue weighted by molar-refractivity contribution is -0.139. The maximum atomic E-state index is 13.5. The average molecular weight is 593 g/mol. The van der Waals surface area contributed by atoms with Gasteiger partial charge in [0.1, 0.15) is 12.6 Å². The van der Waals surface area contributed by atoms with Gasteiger partial charge in [0, 0.05) is 17.6 Å². The zero-order valence-corrected chi connectivity index (χ0v) is 23.1. The maximum absolute atomic E-state index is 13.5. The number of unbranched alkanes of at least 4 members (excludes halogenated alkanes) is 1. The molecule has 186 valence electrons. The number of carbonyl (C=O) groups excluding carboxylic acids is 2. The third-order valence-corrected chi connectivity index (χ3v) is 7.61. The number of amides is 2. The van der Waals surface area contributed by atoms with Crippen LogP contribution in [0.4, 0.5) is 5.69 Å². The second kappa shape index (κ2) is 12.8. The molecule has 2 amide bonds. The standard InChI is InChI=1S/C23H28BrCl2N3O4S/c1-4-5-13-27-23(31)16(2)28(14-17-9-11-18(24)12-10-17)21(30)15-29(34(3,32)33)20-8-6-7-19(25)22(20)26/h6-12,16H,4-5,13-15H2,1-3H3,(H,27,31)/t16-/m0/s1. The first-order chi connectivity index (χ1) is 16.0. The summed E-state index contributed by atoms with van der Waals surface area (Å²) in [6, 6.07) is 11.0. The van der Waals surface area contributed by atoms with Crippen molar-refractivity contribution < 1.29 is 18.0 Å². The molecule has 0 unspecified atom stereocenters. The van der Waals surface area contributed by atoms with Gasteiger partial charge in [0.2, 0.25) is 21.8 Å². The van der Waals surface area contributed by atoms with Crippen LogP contribution in [0.2, 0.25) is 10.0 Å². The summed E-state index contributed by atoms with van der Waals surface area (Å²) in [7, 11) is -3.89. The fourth-order valence-electron chi connectivity index (χ4n) is 3.18. The van der Waals surface area contributed by atoms with Crippen molar-refractivity contribution in [1.29, 1.82) is 0 Å². The Hall–Kier alpha value is -1.81. The number of carbonyl (C=O) groups is 2. The Kier molecular flexibility index (Phi) is 10.7. The molecule has 0 aliphatic carbocycles. The van der Waals surface area contributed by atoms with Crippen molar-refractivity contribution in [1.82, 2.24) is 10.2 Å². The predicted octanol–water partition coefficient (Wildman–Crippen LogP) is 4.86. The highest BCUT2D eigenvalue weighted by Gasteiger charge is 2.31. The van der Waals surface area contributed by atoms with Gasteiger partial charge in [-0.3, -0.25) is 13.9 Å². The lowest BCUT2D eigenvalue weighted by Gasteiger charge is -2.31. The molecule has 0 fully saturated rings. The van der Waals surface area contributed by atoms with E-state index in [9.17, 15) is 18.0 Å². The van der Waals surface area contributed by atoms with Crippen molar-refractivity contribution in [2.24, 2.45) is 0 Å². The molecule has 11 heteroatoms. The Labute approximate surface area is 219 Å². The number of nitrogens with zero attached hydrogens (tertiary/aromatic N) is 2. The van der Waals surface area contributed by atoms with E-state index in [1.807, 2.05) is 31.2 Å². The lowest BCUT2D eigenvalue weighted by Crippen LogP contribution is -2.51. The molecular weight excluding hydrogens is 565 g/mol. The van der Waals surface area contributed by atoms with Crippen molar-refractivity contribution in [3.63, 3.8) is 0 Å². The van der Waals surface area contributed by atoms with E-state index >= 15 is 0 Å². The highest BCUT2D eigenvalue weighted by Crippen LogP contribution is 2.33. The Morgan fingerprint density at radius 1 is 1.12 bits per heavy atom. The van der Waals surface area contributed by atoms with Gasteiger partial charge in [-0.25, -0.2) is 8.42 Å². The van der Waals surface area contributed by atoms with Crippen molar-refractivity contribution in [3.05, 3.63) is 62.5 Å². The number of benzene rings is 2. The molecule has 1 N–H and O–H groups in total. The highest BCUT2D eigenvalue weighted by molar-refractivity contribution is 9.10. The Bertz CT molecular complexity index is 1110. The van der Waals surface area contributed by atoms with E-state index in [1.54, 1.807) is 13.0 Å². The summed E-state index contributed by atoms with van der Waals surface area (Å²) in [4.78, 5) is 27.6. The van der Waals surface area contributed by atoms with Gasteiger partial charge < -0.3 is 10.2 Å². The molecule has 0 saturated carbocycles. The summed E-state index contributed by atoms with van der Waals surface area (Å²) in [6.07, 6.45) is 2.71. The Morgan fingerprint density at radius 3 is 2.35 bits per heavy atom. The summed E-state index contributed by atoms with van der Waals surface area (Å²) in [5.74, 6) is -0.867. The van der Waals surface area contributed by atoms with Crippen molar-refractivity contribution in [2.75, 3.05) is 23.7 Å². The van der Waals surface area contributed by atoms with Crippen LogP contribution in [0.1, 0.15) is 32.3 Å². The van der Waals surface area contributed by atoms with Gasteiger partial charge in [0.25, 0.3) is 0 Å². The van der Waals surface area contributed by atoms with Gasteiger partial charge in [-0.15, -0.1) is 0 Å². The van der Waals surface area contributed by atoms with Crippen LogP contribution in [0.25, 0.3) is 0 Å². The van der Waals surface area contributed by atoms with Gasteiger partial charge in [-0.2, -0.15) is 0 Å². The minimum Gasteiger partial charge on any atom is -0.354 e. The summed E-state index contributed by atoms with van der Waals surface area (Å²) in [5.41, 5.74) is 0.880. The largest absolute Gasteiger partial charge is 0.354 e. The second-order valence-corrected chi connectivity index (χ2v) is 11.4. The minimum atomic E-state index is -3.89. The molecule has 2 aromatic carbocycles. The van der Waals surface area contributed by atoms with Crippen molar-refractivity contribution in [2.45, 2.75) is 39.3 Å². The third-order valence-electron chi connectivity index (χ3n) is 5.14. The van der Waals surface area contributed by atoms with Crippen LogP contribution in [0.3, 0.4) is 0 Å². The molecule has 0 bridgehead atoms. The van der Waals surface area contributed by atoms with E-state index in [1.165, 1.54) is 17.0 Å². The first-order valence-corrected chi connectivity index (χ1v) is 14.1. The number of hydrogen-bond donors (Lipinski definition) is 1. The molecule has 0 heterocycles. The summed E-state index contributed by atoms with van der Waals surface area (Å²) >= 11 is 15.7. The van der Waals surface area contributed by atoms with Crippen LogP contribution in [0.5, 0.6) is 0 Å². The number of hydrogen-bond acceptors (Lipinski definition) is 4. The van der Waals surface area contributed by atoms with Crippen molar-refractivity contribution >= 4 is 66.7 Å².